The first-order valence-electron chi connectivity index (χ1n) is 5.51. The fourth-order valence-electron chi connectivity index (χ4n) is 3.34. The molecule has 0 saturated heterocycles. The van der Waals surface area contributed by atoms with Crippen LogP contribution in [0.25, 0.3) is 0 Å². The summed E-state index contributed by atoms with van der Waals surface area (Å²) in [5, 5.41) is 0. The number of nitrogens with two attached hydrogens (primary N) is 1. The van der Waals surface area contributed by atoms with E-state index in [4.69, 9.17) is 15.2 Å². The van der Waals surface area contributed by atoms with Gasteiger partial charge in [-0.15, -0.1) is 0 Å². The lowest BCUT2D eigenvalue weighted by Gasteiger charge is -2.30. The van der Waals surface area contributed by atoms with Crippen LogP contribution in [0.3, 0.4) is 0 Å². The molecule has 0 heterocycles. The van der Waals surface area contributed by atoms with Gasteiger partial charge >= 0.3 is 11.9 Å². The third kappa shape index (κ3) is 1.50. The third-order valence-electron chi connectivity index (χ3n) is 4.00. The van der Waals surface area contributed by atoms with Crippen molar-refractivity contribution in [1.82, 2.24) is 0 Å². The van der Waals surface area contributed by atoms with Crippen molar-refractivity contribution >= 4 is 11.9 Å². The molecule has 2 saturated carbocycles. The molecular weight excluding hydrogens is 210 g/mol. The number of hydrogen-bond acceptors (Lipinski definition) is 5. The zero-order valence-corrected chi connectivity index (χ0v) is 9.51. The minimum Gasteiger partial charge on any atom is -0.469 e. The summed E-state index contributed by atoms with van der Waals surface area (Å²) in [7, 11) is 2.69. The maximum absolute atomic E-state index is 11.7. The summed E-state index contributed by atoms with van der Waals surface area (Å²) in [4.78, 5) is 23.4. The van der Waals surface area contributed by atoms with Crippen LogP contribution in [-0.4, -0.2) is 32.2 Å². The van der Waals surface area contributed by atoms with Crippen LogP contribution in [0.15, 0.2) is 0 Å². The Kier molecular flexibility index (Phi) is 2.88. The number of ether oxygens (including phenoxy) is 2. The molecular formula is C11H17NO4. The quantitative estimate of drug-likeness (QED) is 0.668. The molecule has 2 bridgehead atoms. The molecule has 5 nitrogen and oxygen atoms in total. The van der Waals surface area contributed by atoms with Crippen molar-refractivity contribution < 1.29 is 19.1 Å². The van der Waals surface area contributed by atoms with Crippen molar-refractivity contribution in [2.24, 2.45) is 29.4 Å². The highest BCUT2D eigenvalue weighted by atomic mass is 16.5. The lowest BCUT2D eigenvalue weighted by molar-refractivity contribution is -0.160. The van der Waals surface area contributed by atoms with Crippen molar-refractivity contribution in [2.45, 2.75) is 18.9 Å². The number of rotatable bonds is 2. The Hall–Kier alpha value is -1.10. The molecule has 0 radical (unpaired) electrons. The van der Waals surface area contributed by atoms with Crippen molar-refractivity contribution in [2.75, 3.05) is 14.2 Å². The van der Waals surface area contributed by atoms with Crippen LogP contribution < -0.4 is 5.73 Å². The Balaban J connectivity index is 2.24. The summed E-state index contributed by atoms with van der Waals surface area (Å²) in [6.07, 6.45) is 1.64. The number of methoxy groups -OCH3 is 2. The summed E-state index contributed by atoms with van der Waals surface area (Å²) < 4.78 is 9.52. The van der Waals surface area contributed by atoms with Crippen LogP contribution in [0.4, 0.5) is 0 Å². The van der Waals surface area contributed by atoms with Gasteiger partial charge in [0.15, 0.2) is 0 Å². The van der Waals surface area contributed by atoms with E-state index in [9.17, 15) is 9.59 Å². The molecule has 0 amide bonds. The van der Waals surface area contributed by atoms with Crippen LogP contribution >= 0.6 is 0 Å². The topological polar surface area (TPSA) is 78.6 Å². The first-order valence-corrected chi connectivity index (χ1v) is 5.51. The fourth-order valence-corrected chi connectivity index (χ4v) is 3.34. The van der Waals surface area contributed by atoms with Gasteiger partial charge in [-0.25, -0.2) is 0 Å². The largest absolute Gasteiger partial charge is 0.469 e. The second kappa shape index (κ2) is 4.05. The first-order chi connectivity index (χ1) is 7.60. The number of esters is 2. The van der Waals surface area contributed by atoms with Gasteiger partial charge in [0.1, 0.15) is 0 Å². The van der Waals surface area contributed by atoms with Crippen molar-refractivity contribution in [1.29, 1.82) is 0 Å². The van der Waals surface area contributed by atoms with Gasteiger partial charge in [0.2, 0.25) is 0 Å². The second-order valence-electron chi connectivity index (χ2n) is 4.66. The number of carbonyl (C=O) groups excluding carboxylic acids is 2. The molecule has 0 spiro atoms. The second-order valence-corrected chi connectivity index (χ2v) is 4.66. The summed E-state index contributed by atoms with van der Waals surface area (Å²) in [5.41, 5.74) is 5.95. The average molecular weight is 227 g/mol. The van der Waals surface area contributed by atoms with Crippen LogP contribution in [0, 0.1) is 23.7 Å². The van der Waals surface area contributed by atoms with Gasteiger partial charge in [-0.2, -0.15) is 0 Å². The van der Waals surface area contributed by atoms with Crippen LogP contribution in [0.2, 0.25) is 0 Å². The molecule has 2 fully saturated rings. The van der Waals surface area contributed by atoms with E-state index < -0.39 is 5.92 Å². The smallest absolute Gasteiger partial charge is 0.309 e. The minimum absolute atomic E-state index is 0.00926. The van der Waals surface area contributed by atoms with Gasteiger partial charge in [-0.05, 0) is 24.7 Å². The molecule has 0 aliphatic heterocycles. The summed E-state index contributed by atoms with van der Waals surface area (Å²) in [5.74, 6) is -1.17. The van der Waals surface area contributed by atoms with Crippen molar-refractivity contribution in [3.63, 3.8) is 0 Å². The van der Waals surface area contributed by atoms with E-state index in [1.54, 1.807) is 0 Å². The third-order valence-corrected chi connectivity index (χ3v) is 4.00. The number of fused-ring (bicyclic) bond motifs is 2. The lowest BCUT2D eigenvalue weighted by atomic mass is 9.77. The minimum atomic E-state index is -0.411. The summed E-state index contributed by atoms with van der Waals surface area (Å²) in [6, 6.07) is 0.00926. The van der Waals surface area contributed by atoms with E-state index in [-0.39, 0.29) is 35.7 Å². The monoisotopic (exact) mass is 227 g/mol. The molecule has 5 heteroatoms. The van der Waals surface area contributed by atoms with Crippen molar-refractivity contribution in [3.05, 3.63) is 0 Å². The molecule has 5 atom stereocenters. The Bertz CT molecular complexity index is 317. The molecule has 2 aliphatic carbocycles. The van der Waals surface area contributed by atoms with Gasteiger partial charge in [-0.3, -0.25) is 9.59 Å². The summed E-state index contributed by atoms with van der Waals surface area (Å²) in [6.45, 7) is 0. The Morgan fingerprint density at radius 2 is 1.62 bits per heavy atom. The maximum atomic E-state index is 11.7. The summed E-state index contributed by atoms with van der Waals surface area (Å²) >= 11 is 0. The Morgan fingerprint density at radius 1 is 1.06 bits per heavy atom. The molecule has 2 N–H and O–H groups in total. The predicted molar refractivity (Wildman–Crippen MR) is 55.2 cm³/mol. The molecule has 16 heavy (non-hydrogen) atoms. The van der Waals surface area contributed by atoms with Crippen molar-refractivity contribution in [3.8, 4) is 0 Å². The van der Waals surface area contributed by atoms with E-state index in [1.807, 2.05) is 0 Å². The van der Waals surface area contributed by atoms with E-state index in [1.165, 1.54) is 14.2 Å². The van der Waals surface area contributed by atoms with Crippen LogP contribution in [-0.2, 0) is 19.1 Å². The van der Waals surface area contributed by atoms with E-state index >= 15 is 0 Å². The molecule has 2 rings (SSSR count). The normalized spacial score (nSPS) is 40.8. The van der Waals surface area contributed by atoms with Gasteiger partial charge < -0.3 is 15.2 Å². The van der Waals surface area contributed by atoms with Gasteiger partial charge in [0, 0.05) is 6.04 Å². The van der Waals surface area contributed by atoms with Crippen LogP contribution in [0.1, 0.15) is 12.8 Å². The fraction of sp³-hybridized carbons (Fsp3) is 0.818. The molecule has 0 aromatic rings. The Morgan fingerprint density at radius 3 is 2.19 bits per heavy atom. The van der Waals surface area contributed by atoms with Gasteiger partial charge in [0.05, 0.1) is 26.1 Å². The molecule has 2 aliphatic rings. The van der Waals surface area contributed by atoms with E-state index in [0.29, 0.717) is 0 Å². The SMILES string of the molecule is COC(=O)C1C2CC(N)C(C2)C1C(=O)OC. The maximum Gasteiger partial charge on any atom is 0.309 e. The van der Waals surface area contributed by atoms with Crippen LogP contribution in [0.5, 0.6) is 0 Å². The first kappa shape index (κ1) is 11.4. The van der Waals surface area contributed by atoms with E-state index in [2.05, 4.69) is 0 Å². The predicted octanol–water partition coefficient (Wildman–Crippen LogP) is -0.0681. The zero-order valence-electron chi connectivity index (χ0n) is 9.51. The average Bonchev–Trinajstić information content (AvgIpc) is 2.82. The highest BCUT2D eigenvalue weighted by Crippen LogP contribution is 2.52. The highest BCUT2D eigenvalue weighted by molar-refractivity contribution is 5.83. The molecule has 5 unspecified atom stereocenters. The molecule has 0 aromatic carbocycles. The zero-order chi connectivity index (χ0) is 11.9. The van der Waals surface area contributed by atoms with Gasteiger partial charge in [0.25, 0.3) is 0 Å². The Labute approximate surface area is 94.3 Å². The number of hydrogen-bond donors (Lipinski definition) is 1. The number of carbonyl (C=O) groups is 2. The molecule has 90 valence electrons. The standard InChI is InChI=1S/C11H17NO4/c1-15-10(13)8-5-3-6(7(12)4-5)9(8)11(14)16-2/h5-9H,3-4,12H2,1-2H3. The van der Waals surface area contributed by atoms with E-state index in [0.717, 1.165) is 12.8 Å². The van der Waals surface area contributed by atoms with Gasteiger partial charge in [-0.1, -0.05) is 0 Å². The highest BCUT2D eigenvalue weighted by Gasteiger charge is 2.58. The molecule has 0 aromatic heterocycles. The lowest BCUT2D eigenvalue weighted by Crippen LogP contribution is -2.44.